The topological polar surface area (TPSA) is 32.7 Å². The molecule has 1 aliphatic carbocycles. The van der Waals surface area contributed by atoms with Crippen LogP contribution in [0.2, 0.25) is 0 Å². The highest BCUT2D eigenvalue weighted by Gasteiger charge is 2.41. The van der Waals surface area contributed by atoms with Gasteiger partial charge in [-0.3, -0.25) is 0 Å². The molecule has 2 unspecified atom stereocenters. The predicted molar refractivity (Wildman–Crippen MR) is 64.4 cm³/mol. The Kier molecular flexibility index (Phi) is 3.88. The summed E-state index contributed by atoms with van der Waals surface area (Å²) < 4.78 is 5.45. The maximum Gasteiger partial charge on any atom is 0.0631 e. The molecule has 0 bridgehead atoms. The number of hydrogen-bond donors (Lipinski definition) is 1. The molecule has 1 heterocycles. The van der Waals surface area contributed by atoms with Gasteiger partial charge in [-0.2, -0.15) is 0 Å². The van der Waals surface area contributed by atoms with Crippen LogP contribution in [-0.2, 0) is 4.74 Å². The number of hydrogen-bond acceptors (Lipinski definition) is 3. The zero-order valence-corrected chi connectivity index (χ0v) is 10.6. The molecular weight excluding hydrogens is 202 g/mol. The first-order valence-corrected chi connectivity index (χ1v) is 6.58. The van der Waals surface area contributed by atoms with Gasteiger partial charge in [-0.25, -0.2) is 0 Å². The first kappa shape index (κ1) is 12.3. The minimum Gasteiger partial charge on any atom is -0.392 e. The Hall–Kier alpha value is -0.120. The second-order valence-electron chi connectivity index (χ2n) is 6.00. The lowest BCUT2D eigenvalue weighted by Crippen LogP contribution is -2.37. The Bertz CT molecular complexity index is 222. The third-order valence-electron chi connectivity index (χ3n) is 4.21. The van der Waals surface area contributed by atoms with Crippen molar-refractivity contribution in [2.24, 2.45) is 11.3 Å². The maximum atomic E-state index is 10.3. The Labute approximate surface area is 98.8 Å². The monoisotopic (exact) mass is 227 g/mol. The van der Waals surface area contributed by atoms with E-state index < -0.39 is 0 Å². The molecule has 0 aromatic carbocycles. The van der Waals surface area contributed by atoms with Crippen molar-refractivity contribution in [2.45, 2.75) is 39.2 Å². The molecular formula is C13H25NO2. The molecule has 3 heteroatoms. The molecule has 0 aromatic heterocycles. The minimum atomic E-state index is -0.128. The van der Waals surface area contributed by atoms with Crippen molar-refractivity contribution in [1.29, 1.82) is 0 Å². The van der Waals surface area contributed by atoms with Crippen LogP contribution in [0.3, 0.4) is 0 Å². The van der Waals surface area contributed by atoms with E-state index in [9.17, 15) is 5.11 Å². The van der Waals surface area contributed by atoms with E-state index in [2.05, 4.69) is 18.7 Å². The van der Waals surface area contributed by atoms with Gasteiger partial charge in [0.25, 0.3) is 0 Å². The third kappa shape index (κ3) is 2.76. The van der Waals surface area contributed by atoms with Crippen molar-refractivity contribution in [1.82, 2.24) is 4.90 Å². The quantitative estimate of drug-likeness (QED) is 0.776. The molecule has 2 fully saturated rings. The number of ether oxygens (including phenoxy) is 1. The van der Waals surface area contributed by atoms with Gasteiger partial charge >= 0.3 is 0 Å². The van der Waals surface area contributed by atoms with Crippen LogP contribution in [-0.4, -0.2) is 49.0 Å². The molecule has 0 radical (unpaired) electrons. The number of aliphatic hydroxyl groups is 1. The highest BCUT2D eigenvalue weighted by atomic mass is 16.5. The largest absolute Gasteiger partial charge is 0.392 e. The Morgan fingerprint density at radius 1 is 1.31 bits per heavy atom. The van der Waals surface area contributed by atoms with E-state index in [-0.39, 0.29) is 11.5 Å². The summed E-state index contributed by atoms with van der Waals surface area (Å²) >= 11 is 0. The molecule has 16 heavy (non-hydrogen) atoms. The van der Waals surface area contributed by atoms with Crippen LogP contribution in [0, 0.1) is 11.3 Å². The van der Waals surface area contributed by atoms with Crippen molar-refractivity contribution in [3.63, 3.8) is 0 Å². The van der Waals surface area contributed by atoms with Gasteiger partial charge in [0, 0.05) is 26.2 Å². The SMILES string of the molecule is CC1(C)CCC(CN2CCCOCC2)C1O. The van der Waals surface area contributed by atoms with Gasteiger partial charge in [0.15, 0.2) is 0 Å². The van der Waals surface area contributed by atoms with Gasteiger partial charge in [-0.1, -0.05) is 13.8 Å². The molecule has 2 aliphatic rings. The number of rotatable bonds is 2. The fourth-order valence-corrected chi connectivity index (χ4v) is 3.00. The van der Waals surface area contributed by atoms with Gasteiger partial charge in [0.2, 0.25) is 0 Å². The molecule has 0 aromatic rings. The van der Waals surface area contributed by atoms with Crippen molar-refractivity contribution in [2.75, 3.05) is 32.8 Å². The molecule has 3 nitrogen and oxygen atoms in total. The normalized spacial score (nSPS) is 36.2. The third-order valence-corrected chi connectivity index (χ3v) is 4.21. The van der Waals surface area contributed by atoms with E-state index in [1.165, 1.54) is 6.42 Å². The molecule has 2 atom stereocenters. The lowest BCUT2D eigenvalue weighted by Gasteiger charge is -2.29. The minimum absolute atomic E-state index is 0.118. The van der Waals surface area contributed by atoms with E-state index in [4.69, 9.17) is 4.74 Å². The molecule has 2 rings (SSSR count). The average Bonchev–Trinajstić information content (AvgIpc) is 2.50. The predicted octanol–water partition coefficient (Wildman–Crippen LogP) is 1.51. The summed E-state index contributed by atoms with van der Waals surface area (Å²) in [7, 11) is 0. The Balaban J connectivity index is 1.85. The van der Waals surface area contributed by atoms with E-state index in [0.29, 0.717) is 5.92 Å². The van der Waals surface area contributed by atoms with E-state index in [0.717, 1.165) is 45.7 Å². The number of nitrogens with zero attached hydrogens (tertiary/aromatic N) is 1. The molecule has 0 spiro atoms. The zero-order chi connectivity index (χ0) is 11.6. The lowest BCUT2D eigenvalue weighted by molar-refractivity contribution is 0.0321. The van der Waals surface area contributed by atoms with Crippen molar-refractivity contribution >= 4 is 0 Å². The van der Waals surface area contributed by atoms with Gasteiger partial charge in [-0.05, 0) is 30.6 Å². The van der Waals surface area contributed by atoms with Gasteiger partial charge < -0.3 is 14.7 Å². The van der Waals surface area contributed by atoms with Crippen LogP contribution in [0.15, 0.2) is 0 Å². The summed E-state index contributed by atoms with van der Waals surface area (Å²) in [6.07, 6.45) is 3.33. The maximum absolute atomic E-state index is 10.3. The molecule has 1 saturated carbocycles. The van der Waals surface area contributed by atoms with Crippen LogP contribution in [0.5, 0.6) is 0 Å². The van der Waals surface area contributed by atoms with Crippen LogP contribution in [0.4, 0.5) is 0 Å². The zero-order valence-electron chi connectivity index (χ0n) is 10.6. The van der Waals surface area contributed by atoms with E-state index in [1.807, 2.05) is 0 Å². The smallest absolute Gasteiger partial charge is 0.0631 e. The number of aliphatic hydroxyl groups excluding tert-OH is 1. The first-order valence-electron chi connectivity index (χ1n) is 6.58. The van der Waals surface area contributed by atoms with Crippen molar-refractivity contribution < 1.29 is 9.84 Å². The van der Waals surface area contributed by atoms with Crippen molar-refractivity contribution in [3.05, 3.63) is 0 Å². The van der Waals surface area contributed by atoms with Crippen LogP contribution < -0.4 is 0 Å². The highest BCUT2D eigenvalue weighted by Crippen LogP contribution is 2.41. The van der Waals surface area contributed by atoms with Gasteiger partial charge in [-0.15, -0.1) is 0 Å². The average molecular weight is 227 g/mol. The van der Waals surface area contributed by atoms with E-state index in [1.54, 1.807) is 0 Å². The summed E-state index contributed by atoms with van der Waals surface area (Å²) in [5, 5.41) is 10.3. The highest BCUT2D eigenvalue weighted by molar-refractivity contribution is 4.92. The fraction of sp³-hybridized carbons (Fsp3) is 1.00. The van der Waals surface area contributed by atoms with Gasteiger partial charge in [0.1, 0.15) is 0 Å². The van der Waals surface area contributed by atoms with Crippen LogP contribution in [0.1, 0.15) is 33.1 Å². The van der Waals surface area contributed by atoms with Crippen molar-refractivity contribution in [3.8, 4) is 0 Å². The summed E-state index contributed by atoms with van der Waals surface area (Å²) in [6.45, 7) is 9.33. The summed E-state index contributed by atoms with van der Waals surface area (Å²) in [5.41, 5.74) is 0.118. The van der Waals surface area contributed by atoms with Crippen LogP contribution in [0.25, 0.3) is 0 Å². The second-order valence-corrected chi connectivity index (χ2v) is 6.00. The molecule has 1 saturated heterocycles. The summed E-state index contributed by atoms with van der Waals surface area (Å²) in [6, 6.07) is 0. The summed E-state index contributed by atoms with van der Waals surface area (Å²) in [4.78, 5) is 2.46. The Morgan fingerprint density at radius 2 is 2.12 bits per heavy atom. The van der Waals surface area contributed by atoms with Crippen LogP contribution >= 0.6 is 0 Å². The second kappa shape index (κ2) is 5.03. The summed E-state index contributed by atoms with van der Waals surface area (Å²) in [5.74, 6) is 0.466. The molecule has 1 aliphatic heterocycles. The van der Waals surface area contributed by atoms with E-state index >= 15 is 0 Å². The standard InChI is InChI=1S/C13H25NO2/c1-13(2)5-4-11(12(13)15)10-14-6-3-8-16-9-7-14/h11-12,15H,3-10H2,1-2H3. The lowest BCUT2D eigenvalue weighted by atomic mass is 9.87. The molecule has 0 amide bonds. The fourth-order valence-electron chi connectivity index (χ4n) is 3.00. The molecule has 1 N–H and O–H groups in total. The molecule has 94 valence electrons. The van der Waals surface area contributed by atoms with Gasteiger partial charge in [0.05, 0.1) is 12.7 Å². The first-order chi connectivity index (χ1) is 7.59. The Morgan fingerprint density at radius 3 is 2.81 bits per heavy atom.